The molecule has 4 nitrogen and oxygen atoms in total. The van der Waals surface area contributed by atoms with E-state index in [-0.39, 0.29) is 18.3 Å². The van der Waals surface area contributed by atoms with Crippen molar-refractivity contribution in [1.29, 1.82) is 0 Å². The molecule has 1 aliphatic heterocycles. The van der Waals surface area contributed by atoms with Gasteiger partial charge in [0.15, 0.2) is 0 Å². The van der Waals surface area contributed by atoms with E-state index < -0.39 is 0 Å². The Morgan fingerprint density at radius 2 is 1.62 bits per heavy atom. The molecule has 107 valence electrons. The maximum Gasteiger partial charge on any atom is 0.494 e. The molecule has 2 heterocycles. The number of hydrogen-bond acceptors (Lipinski definition) is 3. The van der Waals surface area contributed by atoms with Crippen LogP contribution in [-0.4, -0.2) is 38.5 Å². The van der Waals surface area contributed by atoms with Gasteiger partial charge in [0, 0.05) is 0 Å². The first-order valence-corrected chi connectivity index (χ1v) is 7.51. The van der Waals surface area contributed by atoms with Crippen LogP contribution in [0, 0.1) is 0 Å². The lowest BCUT2D eigenvalue weighted by atomic mass is 9.79. The van der Waals surface area contributed by atoms with Crippen LogP contribution >= 0.6 is 0 Å². The molecule has 1 saturated heterocycles. The van der Waals surface area contributed by atoms with E-state index in [4.69, 9.17) is 9.31 Å². The summed E-state index contributed by atoms with van der Waals surface area (Å²) >= 11 is 0. The molecule has 1 N–H and O–H groups in total. The molecule has 0 unspecified atom stereocenters. The van der Waals surface area contributed by atoms with Crippen LogP contribution in [0.4, 0.5) is 0 Å². The second kappa shape index (κ2) is 4.83. The van der Waals surface area contributed by atoms with Gasteiger partial charge < -0.3 is 14.3 Å². The van der Waals surface area contributed by atoms with E-state index in [1.54, 1.807) is 6.20 Å². The lowest BCUT2D eigenvalue weighted by molar-refractivity contribution is 0.00578. The number of H-pyrrole nitrogens is 1. The quantitative estimate of drug-likeness (QED) is 0.847. The van der Waals surface area contributed by atoms with E-state index in [1.807, 2.05) is 24.3 Å². The molecule has 0 saturated carbocycles. The minimum absolute atomic E-state index is 0.315. The maximum absolute atomic E-state index is 6.05. The van der Waals surface area contributed by atoms with Crippen LogP contribution < -0.4 is 10.9 Å². The van der Waals surface area contributed by atoms with Crippen molar-refractivity contribution < 1.29 is 9.31 Å². The monoisotopic (exact) mass is 297 g/mol. The van der Waals surface area contributed by atoms with Crippen molar-refractivity contribution in [3.8, 4) is 11.3 Å². The number of nitrogens with one attached hydrogen (secondary N) is 1. The lowest BCUT2D eigenvalue weighted by Gasteiger charge is -2.32. The highest BCUT2D eigenvalue weighted by molar-refractivity contribution is 6.62. The minimum Gasteiger partial charge on any atom is -0.399 e. The molecule has 6 heteroatoms. The van der Waals surface area contributed by atoms with E-state index in [2.05, 4.69) is 47.9 Å². The fourth-order valence-electron chi connectivity index (χ4n) is 2.27. The van der Waals surface area contributed by atoms with Crippen molar-refractivity contribution in [1.82, 2.24) is 9.97 Å². The van der Waals surface area contributed by atoms with E-state index >= 15 is 0 Å². The lowest BCUT2D eigenvalue weighted by Crippen LogP contribution is -2.41. The highest BCUT2D eigenvalue weighted by Gasteiger charge is 2.51. The Balaban J connectivity index is 1.83. The van der Waals surface area contributed by atoms with E-state index in [9.17, 15) is 0 Å². The summed E-state index contributed by atoms with van der Waals surface area (Å²) in [6.45, 7) is 8.24. The predicted molar refractivity (Wildman–Crippen MR) is 85.1 cm³/mol. The van der Waals surface area contributed by atoms with Crippen molar-refractivity contribution in [3.05, 3.63) is 30.5 Å². The maximum atomic E-state index is 6.05. The highest BCUT2D eigenvalue weighted by Crippen LogP contribution is 2.36. The van der Waals surface area contributed by atoms with Gasteiger partial charge in [-0.3, -0.25) is 0 Å². The van der Waals surface area contributed by atoms with E-state index in [0.717, 1.165) is 22.2 Å². The Kier molecular flexibility index (Phi) is 3.35. The van der Waals surface area contributed by atoms with Crippen LogP contribution in [0.5, 0.6) is 0 Å². The fraction of sp³-hybridized carbons (Fsp3) is 0.400. The van der Waals surface area contributed by atoms with Crippen LogP contribution in [0.2, 0.25) is 0 Å². The average Bonchev–Trinajstić information content (AvgIpc) is 2.92. The van der Waals surface area contributed by atoms with Gasteiger partial charge in [-0.25, -0.2) is 4.98 Å². The smallest absolute Gasteiger partial charge is 0.399 e. The van der Waals surface area contributed by atoms with Gasteiger partial charge in [0.25, 0.3) is 0 Å². The second-order valence-corrected chi connectivity index (χ2v) is 6.83. The number of aromatic nitrogens is 2. The molecular weight excluding hydrogens is 279 g/mol. The van der Waals surface area contributed by atoms with Gasteiger partial charge in [-0.2, -0.15) is 0 Å². The molecule has 3 rings (SSSR count). The van der Waals surface area contributed by atoms with Crippen LogP contribution in [0.1, 0.15) is 27.7 Å². The van der Waals surface area contributed by atoms with Gasteiger partial charge in [0.1, 0.15) is 10.2 Å². The molecule has 0 spiro atoms. The van der Waals surface area contributed by atoms with Gasteiger partial charge in [-0.1, -0.05) is 24.3 Å². The number of hydrogen-bond donors (Lipinski definition) is 1. The molecule has 3 radical (unpaired) electrons. The fourth-order valence-corrected chi connectivity index (χ4v) is 2.47. The third kappa shape index (κ3) is 2.59. The summed E-state index contributed by atoms with van der Waals surface area (Å²) in [5.41, 5.74) is 3.16. The van der Waals surface area contributed by atoms with Crippen LogP contribution in [0.25, 0.3) is 11.3 Å². The Hall–Kier alpha value is -1.37. The van der Waals surface area contributed by atoms with Crippen molar-refractivity contribution in [2.24, 2.45) is 0 Å². The average molecular weight is 297 g/mol. The number of benzene rings is 1. The third-order valence-corrected chi connectivity index (χ3v) is 4.58. The molecule has 0 atom stereocenters. The van der Waals surface area contributed by atoms with Crippen molar-refractivity contribution in [2.45, 2.75) is 38.9 Å². The zero-order chi connectivity index (χ0) is 15.3. The summed E-state index contributed by atoms with van der Waals surface area (Å²) in [7, 11) is 3.04. The summed E-state index contributed by atoms with van der Waals surface area (Å²) < 4.78 is 12.1. The highest BCUT2D eigenvalue weighted by atomic mass is 28.1. The van der Waals surface area contributed by atoms with Gasteiger partial charge in [-0.05, 0) is 38.7 Å². The summed E-state index contributed by atoms with van der Waals surface area (Å²) in [4.78, 5) is 7.29. The molecule has 2 aromatic rings. The number of rotatable bonds is 2. The normalized spacial score (nSPS) is 20.0. The first kappa shape index (κ1) is 14.6. The molecular formula is C15H18BN2O2Si. The summed E-state index contributed by atoms with van der Waals surface area (Å²) in [5, 5.41) is 0. The minimum atomic E-state index is -0.322. The summed E-state index contributed by atoms with van der Waals surface area (Å²) in [5.74, 6) is 0. The molecule has 1 aliphatic rings. The van der Waals surface area contributed by atoms with Crippen molar-refractivity contribution in [3.63, 3.8) is 0 Å². The van der Waals surface area contributed by atoms with E-state index in [1.165, 1.54) is 0 Å². The van der Waals surface area contributed by atoms with Gasteiger partial charge in [0.05, 0.1) is 28.5 Å². The molecule has 1 fully saturated rings. The topological polar surface area (TPSA) is 47.1 Å². The van der Waals surface area contributed by atoms with Crippen molar-refractivity contribution >= 4 is 28.3 Å². The van der Waals surface area contributed by atoms with Gasteiger partial charge >= 0.3 is 7.12 Å². The molecule has 0 bridgehead atoms. The molecule has 1 aromatic carbocycles. The SMILES string of the molecule is CC1(C)OB(c2ccc(-c3cnc([Si])[nH]3)cc2)OC1(C)C. The largest absolute Gasteiger partial charge is 0.494 e. The van der Waals surface area contributed by atoms with Crippen molar-refractivity contribution in [2.75, 3.05) is 0 Å². The zero-order valence-corrected chi connectivity index (χ0v) is 13.7. The Bertz CT molecular complexity index is 636. The number of imidazole rings is 1. The summed E-state index contributed by atoms with van der Waals surface area (Å²) in [6.07, 6.45) is 1.80. The molecule has 0 amide bonds. The van der Waals surface area contributed by atoms with Gasteiger partial charge in [-0.15, -0.1) is 0 Å². The molecule has 1 aromatic heterocycles. The predicted octanol–water partition coefficient (Wildman–Crippen LogP) is 1.17. The van der Waals surface area contributed by atoms with Gasteiger partial charge in [0.2, 0.25) is 0 Å². The number of aromatic amines is 1. The number of nitrogens with zero attached hydrogens (tertiary/aromatic N) is 1. The first-order chi connectivity index (χ1) is 9.78. The third-order valence-electron chi connectivity index (χ3n) is 4.32. The first-order valence-electron chi connectivity index (χ1n) is 7.01. The molecule has 21 heavy (non-hydrogen) atoms. The van der Waals surface area contributed by atoms with E-state index in [0.29, 0.717) is 0 Å². The Labute approximate surface area is 128 Å². The molecule has 0 aliphatic carbocycles. The Morgan fingerprint density at radius 1 is 1.05 bits per heavy atom. The van der Waals surface area contributed by atoms with Crippen LogP contribution in [0.3, 0.4) is 0 Å². The summed E-state index contributed by atoms with van der Waals surface area (Å²) in [6, 6.07) is 8.15. The van der Waals surface area contributed by atoms with Crippen LogP contribution in [0.15, 0.2) is 30.5 Å². The van der Waals surface area contributed by atoms with Crippen LogP contribution in [-0.2, 0) is 9.31 Å². The second-order valence-electron chi connectivity index (χ2n) is 6.36. The Morgan fingerprint density at radius 3 is 2.10 bits per heavy atom. The zero-order valence-electron chi connectivity index (χ0n) is 12.7. The standard InChI is InChI=1S/C15H18BN2O2Si/c1-14(2)15(3,4)20-16(19-14)11-7-5-10(6-8-11)12-9-17-13(21)18-12/h5-9H,1-4H3,(H,17,18).